The van der Waals surface area contributed by atoms with E-state index in [1.54, 1.807) is 13.0 Å². The number of carbonyl (C=O) groups is 1. The molecule has 0 aromatic heterocycles. The van der Waals surface area contributed by atoms with E-state index in [2.05, 4.69) is 12.2 Å². The maximum absolute atomic E-state index is 13.1. The highest BCUT2D eigenvalue weighted by Gasteiger charge is 2.12. The van der Waals surface area contributed by atoms with Crippen molar-refractivity contribution in [3.05, 3.63) is 53.2 Å². The van der Waals surface area contributed by atoms with E-state index in [-0.39, 0.29) is 11.4 Å². The van der Waals surface area contributed by atoms with Gasteiger partial charge in [-0.15, -0.1) is 0 Å². The number of unbranched alkanes of at least 4 members (excludes halogenated alkanes) is 1. The summed E-state index contributed by atoms with van der Waals surface area (Å²) in [5.41, 5.74) is 0.844. The normalized spacial score (nSPS) is 12.6. The maximum atomic E-state index is 13.1. The molecule has 1 rings (SSSR count). The Labute approximate surface area is 152 Å². The summed E-state index contributed by atoms with van der Waals surface area (Å²) in [4.78, 5) is 11.3. The van der Waals surface area contributed by atoms with Crippen molar-refractivity contribution in [1.82, 2.24) is 5.32 Å². The van der Waals surface area contributed by atoms with Gasteiger partial charge in [-0.25, -0.2) is 9.18 Å². The number of hydrogen-bond donors (Lipinski definition) is 3. The van der Waals surface area contributed by atoms with Crippen molar-refractivity contribution in [2.75, 3.05) is 12.3 Å². The van der Waals surface area contributed by atoms with Crippen LogP contribution in [-0.4, -0.2) is 23.4 Å². The summed E-state index contributed by atoms with van der Waals surface area (Å²) in [7, 11) is 0. The van der Waals surface area contributed by atoms with Crippen molar-refractivity contribution < 1.29 is 19.0 Å². The zero-order valence-corrected chi connectivity index (χ0v) is 15.4. The Bertz CT molecular complexity index is 615. The lowest BCUT2D eigenvalue weighted by Gasteiger charge is -2.16. The fraction of sp³-hybridized carbons (Fsp3) is 0.389. The van der Waals surface area contributed by atoms with Gasteiger partial charge in [0.2, 0.25) is 0 Å². The number of rotatable bonds is 11. The van der Waals surface area contributed by atoms with Gasteiger partial charge in [-0.05, 0) is 43.2 Å². The van der Waals surface area contributed by atoms with Crippen LogP contribution in [0, 0.1) is 5.82 Å². The molecule has 0 bridgehead atoms. The minimum Gasteiger partial charge on any atom is -0.478 e. The molecule has 25 heavy (non-hydrogen) atoms. The van der Waals surface area contributed by atoms with Gasteiger partial charge in [-0.2, -0.15) is 0 Å². The molecule has 1 aromatic rings. The first-order chi connectivity index (χ1) is 12.0. The van der Waals surface area contributed by atoms with Crippen molar-refractivity contribution in [1.29, 1.82) is 0 Å². The van der Waals surface area contributed by atoms with Crippen LogP contribution in [0.1, 0.15) is 33.1 Å². The molecular formula is C18H25FN2O3S. The van der Waals surface area contributed by atoms with Crippen LogP contribution in [0.3, 0.4) is 0 Å². The molecule has 0 amide bonds. The smallest absolute Gasteiger partial charge is 0.331 e. The van der Waals surface area contributed by atoms with Crippen LogP contribution in [0.2, 0.25) is 0 Å². The Morgan fingerprint density at radius 1 is 1.36 bits per heavy atom. The quantitative estimate of drug-likeness (QED) is 0.181. The fourth-order valence-corrected chi connectivity index (χ4v) is 2.37. The summed E-state index contributed by atoms with van der Waals surface area (Å²) >= 11 is 1.07. The topological polar surface area (TPSA) is 84.6 Å². The minimum absolute atomic E-state index is 0.265. The molecule has 0 aliphatic heterocycles. The highest BCUT2D eigenvalue weighted by molar-refractivity contribution is 7.97. The standard InChI is InChI=1S/C18H25FN2O3S/c1-3-5-10-21-16(11-13(4-2)18(22)23)17(12-25-20)24-15-8-6-14(19)7-9-15/h6-9,11,21H,3-5,10,12,20H2,1-2H3,(H,22,23)/b13-11+,17-16-. The van der Waals surface area contributed by atoms with E-state index < -0.39 is 5.97 Å². The zero-order valence-electron chi connectivity index (χ0n) is 14.5. The highest BCUT2D eigenvalue weighted by atomic mass is 32.2. The lowest BCUT2D eigenvalue weighted by atomic mass is 10.1. The van der Waals surface area contributed by atoms with Gasteiger partial charge in [0.1, 0.15) is 17.3 Å². The minimum atomic E-state index is -0.973. The maximum Gasteiger partial charge on any atom is 0.331 e. The summed E-state index contributed by atoms with van der Waals surface area (Å²) in [6, 6.07) is 5.64. The van der Waals surface area contributed by atoms with E-state index in [4.69, 9.17) is 9.88 Å². The van der Waals surface area contributed by atoms with E-state index in [9.17, 15) is 14.3 Å². The molecule has 0 atom stereocenters. The largest absolute Gasteiger partial charge is 0.478 e. The van der Waals surface area contributed by atoms with E-state index >= 15 is 0 Å². The highest BCUT2D eigenvalue weighted by Crippen LogP contribution is 2.19. The lowest BCUT2D eigenvalue weighted by molar-refractivity contribution is -0.132. The summed E-state index contributed by atoms with van der Waals surface area (Å²) in [6.07, 6.45) is 3.90. The average Bonchev–Trinajstić information content (AvgIpc) is 2.59. The van der Waals surface area contributed by atoms with Gasteiger partial charge in [0, 0.05) is 12.1 Å². The van der Waals surface area contributed by atoms with Gasteiger partial charge in [0.05, 0.1) is 11.4 Å². The SMILES string of the molecule is CCCCNC(/C=C(\CC)C(=O)O)=C(/CSN)Oc1ccc(F)cc1. The molecule has 0 aliphatic rings. The molecule has 138 valence electrons. The van der Waals surface area contributed by atoms with Gasteiger partial charge in [-0.3, -0.25) is 5.14 Å². The molecule has 0 fully saturated rings. The van der Waals surface area contributed by atoms with Crippen molar-refractivity contribution in [3.8, 4) is 5.75 Å². The molecule has 4 N–H and O–H groups in total. The Balaban J connectivity index is 3.21. The number of carboxylic acids is 1. The van der Waals surface area contributed by atoms with Gasteiger partial charge < -0.3 is 15.2 Å². The summed E-state index contributed by atoms with van der Waals surface area (Å²) < 4.78 is 18.9. The average molecular weight is 368 g/mol. The van der Waals surface area contributed by atoms with Crippen LogP contribution < -0.4 is 15.2 Å². The molecule has 0 saturated carbocycles. The summed E-state index contributed by atoms with van der Waals surface area (Å²) in [6.45, 7) is 4.54. The number of aliphatic carboxylic acids is 1. The first-order valence-corrected chi connectivity index (χ1v) is 9.22. The number of hydrogen-bond acceptors (Lipinski definition) is 5. The Hall–Kier alpha value is -1.99. The van der Waals surface area contributed by atoms with Gasteiger partial charge in [0.15, 0.2) is 0 Å². The second-order valence-electron chi connectivity index (χ2n) is 5.31. The second-order valence-corrected chi connectivity index (χ2v) is 5.93. The van der Waals surface area contributed by atoms with Crippen molar-refractivity contribution in [2.45, 2.75) is 33.1 Å². The predicted octanol–water partition coefficient (Wildman–Crippen LogP) is 3.83. The van der Waals surface area contributed by atoms with Crippen LogP contribution in [0.25, 0.3) is 0 Å². The fourth-order valence-electron chi connectivity index (χ4n) is 2.00. The number of allylic oxidation sites excluding steroid dienone is 1. The first kappa shape index (κ1) is 21.1. The molecule has 7 heteroatoms. The van der Waals surface area contributed by atoms with Crippen molar-refractivity contribution >= 4 is 17.9 Å². The number of carboxylic acid groups (broad SMARTS) is 1. The monoisotopic (exact) mass is 368 g/mol. The number of halogens is 1. The molecular weight excluding hydrogens is 343 g/mol. The lowest BCUT2D eigenvalue weighted by Crippen LogP contribution is -2.20. The number of benzene rings is 1. The third-order valence-corrected chi connectivity index (χ3v) is 3.82. The van der Waals surface area contributed by atoms with Crippen LogP contribution in [0.15, 0.2) is 47.4 Å². The first-order valence-electron chi connectivity index (χ1n) is 8.17. The van der Waals surface area contributed by atoms with Gasteiger partial charge >= 0.3 is 5.97 Å². The molecule has 0 unspecified atom stereocenters. The van der Waals surface area contributed by atoms with E-state index in [0.29, 0.717) is 35.9 Å². The Morgan fingerprint density at radius 3 is 2.56 bits per heavy atom. The van der Waals surface area contributed by atoms with E-state index in [1.165, 1.54) is 24.3 Å². The second kappa shape index (κ2) is 11.5. The molecule has 0 saturated heterocycles. The third-order valence-electron chi connectivity index (χ3n) is 3.39. The Morgan fingerprint density at radius 2 is 2.04 bits per heavy atom. The molecule has 5 nitrogen and oxygen atoms in total. The van der Waals surface area contributed by atoms with Crippen LogP contribution in [0.5, 0.6) is 5.75 Å². The van der Waals surface area contributed by atoms with Crippen LogP contribution >= 0.6 is 11.9 Å². The molecule has 1 aromatic carbocycles. The van der Waals surface area contributed by atoms with Gasteiger partial charge in [-0.1, -0.05) is 32.2 Å². The molecule has 0 heterocycles. The van der Waals surface area contributed by atoms with E-state index in [1.807, 2.05) is 0 Å². The van der Waals surface area contributed by atoms with E-state index in [0.717, 1.165) is 24.8 Å². The molecule has 0 aliphatic carbocycles. The number of nitrogens with one attached hydrogen (secondary N) is 1. The van der Waals surface area contributed by atoms with Gasteiger partial charge in [0.25, 0.3) is 0 Å². The molecule has 0 radical (unpaired) electrons. The number of ether oxygens (including phenoxy) is 1. The van der Waals surface area contributed by atoms with Crippen LogP contribution in [-0.2, 0) is 4.79 Å². The summed E-state index contributed by atoms with van der Waals surface area (Å²) in [5.74, 6) is -0.0199. The zero-order chi connectivity index (χ0) is 18.7. The summed E-state index contributed by atoms with van der Waals surface area (Å²) in [5, 5.41) is 18.1. The third kappa shape index (κ3) is 7.62. The Kier molecular flexibility index (Phi) is 9.72. The predicted molar refractivity (Wildman–Crippen MR) is 99.6 cm³/mol. The van der Waals surface area contributed by atoms with Crippen molar-refractivity contribution in [3.63, 3.8) is 0 Å². The van der Waals surface area contributed by atoms with Crippen LogP contribution in [0.4, 0.5) is 4.39 Å². The molecule has 0 spiro atoms. The number of nitrogens with two attached hydrogens (primary N) is 1. The van der Waals surface area contributed by atoms with Crippen molar-refractivity contribution in [2.24, 2.45) is 5.14 Å².